The maximum Gasteiger partial charge on any atom is 0.265 e. The maximum absolute atomic E-state index is 12.7. The Labute approximate surface area is 122 Å². The maximum atomic E-state index is 12.7. The fourth-order valence-electron chi connectivity index (χ4n) is 2.57. The van der Waals surface area contributed by atoms with E-state index in [1.54, 1.807) is 55.7 Å². The lowest BCUT2D eigenvalue weighted by molar-refractivity contribution is -0.118. The molecule has 1 atom stereocenters. The lowest BCUT2D eigenvalue weighted by Gasteiger charge is -2.30. The number of fused-ring (bicyclic) bond motifs is 1. The van der Waals surface area contributed by atoms with Crippen LogP contribution in [0.1, 0.15) is 21.8 Å². The number of aliphatic imine (C=N–C) groups is 1. The molecule has 4 heteroatoms. The van der Waals surface area contributed by atoms with Crippen LogP contribution in [0.3, 0.4) is 0 Å². The average molecular weight is 278 g/mol. The zero-order valence-corrected chi connectivity index (χ0v) is 11.6. The van der Waals surface area contributed by atoms with Gasteiger partial charge < -0.3 is 0 Å². The van der Waals surface area contributed by atoms with Crippen molar-refractivity contribution in [3.05, 3.63) is 65.7 Å². The number of nitrogens with zero attached hydrogens (tertiary/aromatic N) is 2. The van der Waals surface area contributed by atoms with Crippen LogP contribution >= 0.6 is 0 Å². The summed E-state index contributed by atoms with van der Waals surface area (Å²) < 4.78 is 0. The minimum Gasteiger partial charge on any atom is -0.300 e. The number of anilines is 1. The van der Waals surface area contributed by atoms with Crippen molar-refractivity contribution < 1.29 is 9.59 Å². The third-order valence-corrected chi connectivity index (χ3v) is 3.53. The van der Waals surface area contributed by atoms with Crippen molar-refractivity contribution in [3.63, 3.8) is 0 Å². The third kappa shape index (κ3) is 2.14. The Kier molecular flexibility index (Phi) is 3.36. The van der Waals surface area contributed by atoms with Crippen molar-refractivity contribution in [2.24, 2.45) is 4.99 Å². The standard InChI is InChI=1S/C17H14N2O2/c1-18-11-15-13-9-5-6-10-14(13)16(20)19(17(15)21)12-7-3-2-4-8-12/h2-11,15H,1H3. The summed E-state index contributed by atoms with van der Waals surface area (Å²) in [5.41, 5.74) is 1.84. The first-order valence-corrected chi connectivity index (χ1v) is 6.68. The summed E-state index contributed by atoms with van der Waals surface area (Å²) in [4.78, 5) is 30.5. The van der Waals surface area contributed by atoms with E-state index in [4.69, 9.17) is 0 Å². The molecule has 1 heterocycles. The molecule has 1 unspecified atom stereocenters. The number of para-hydroxylation sites is 1. The van der Waals surface area contributed by atoms with Gasteiger partial charge in [-0.2, -0.15) is 0 Å². The smallest absolute Gasteiger partial charge is 0.265 e. The van der Waals surface area contributed by atoms with Crippen LogP contribution in [0.15, 0.2) is 59.6 Å². The minimum atomic E-state index is -0.524. The molecular formula is C17H14N2O2. The molecule has 2 amide bonds. The van der Waals surface area contributed by atoms with Crippen molar-refractivity contribution in [1.29, 1.82) is 0 Å². The molecule has 0 aromatic heterocycles. The van der Waals surface area contributed by atoms with Gasteiger partial charge in [0, 0.05) is 18.8 Å². The summed E-state index contributed by atoms with van der Waals surface area (Å²) in [5.74, 6) is -1.08. The van der Waals surface area contributed by atoms with Crippen LogP contribution < -0.4 is 4.90 Å². The summed E-state index contributed by atoms with van der Waals surface area (Å²) in [5, 5.41) is 0. The van der Waals surface area contributed by atoms with Gasteiger partial charge in [-0.15, -0.1) is 0 Å². The zero-order chi connectivity index (χ0) is 14.8. The van der Waals surface area contributed by atoms with Crippen LogP contribution in [0.2, 0.25) is 0 Å². The molecule has 4 nitrogen and oxygen atoms in total. The topological polar surface area (TPSA) is 49.7 Å². The van der Waals surface area contributed by atoms with E-state index in [9.17, 15) is 9.59 Å². The van der Waals surface area contributed by atoms with Crippen molar-refractivity contribution in [1.82, 2.24) is 0 Å². The first-order valence-electron chi connectivity index (χ1n) is 6.68. The molecule has 0 radical (unpaired) electrons. The number of imide groups is 1. The van der Waals surface area contributed by atoms with Gasteiger partial charge >= 0.3 is 0 Å². The van der Waals surface area contributed by atoms with Crippen molar-refractivity contribution in [3.8, 4) is 0 Å². The SMILES string of the molecule is CN=CC1C(=O)N(c2ccccc2)C(=O)c2ccccc21. The molecule has 104 valence electrons. The van der Waals surface area contributed by atoms with Crippen LogP contribution in [0.4, 0.5) is 5.69 Å². The molecular weight excluding hydrogens is 264 g/mol. The molecule has 0 spiro atoms. The molecule has 0 bridgehead atoms. The van der Waals surface area contributed by atoms with Crippen molar-refractivity contribution >= 4 is 23.7 Å². The van der Waals surface area contributed by atoms with E-state index in [0.717, 1.165) is 0 Å². The summed E-state index contributed by atoms with van der Waals surface area (Å²) in [7, 11) is 1.62. The predicted octanol–water partition coefficient (Wildman–Crippen LogP) is 2.66. The Morgan fingerprint density at radius 3 is 2.38 bits per heavy atom. The number of rotatable bonds is 2. The van der Waals surface area contributed by atoms with E-state index in [0.29, 0.717) is 16.8 Å². The summed E-state index contributed by atoms with van der Waals surface area (Å²) in [6.45, 7) is 0. The second kappa shape index (κ2) is 5.32. The van der Waals surface area contributed by atoms with Gasteiger partial charge in [0.25, 0.3) is 5.91 Å². The second-order valence-electron chi connectivity index (χ2n) is 4.79. The van der Waals surface area contributed by atoms with Crippen molar-refractivity contribution in [2.45, 2.75) is 5.92 Å². The molecule has 0 N–H and O–H groups in total. The summed E-state index contributed by atoms with van der Waals surface area (Å²) in [6.07, 6.45) is 1.59. The third-order valence-electron chi connectivity index (χ3n) is 3.53. The molecule has 0 aliphatic carbocycles. The number of benzene rings is 2. The number of carbonyl (C=O) groups excluding carboxylic acids is 2. The van der Waals surface area contributed by atoms with Gasteiger partial charge in [0.05, 0.1) is 11.6 Å². The van der Waals surface area contributed by atoms with E-state index < -0.39 is 5.92 Å². The quantitative estimate of drug-likeness (QED) is 0.626. The number of hydrogen-bond acceptors (Lipinski definition) is 3. The Hall–Kier alpha value is -2.75. The molecule has 2 aromatic carbocycles. The first kappa shape index (κ1) is 13.2. The van der Waals surface area contributed by atoms with Crippen LogP contribution in [0.5, 0.6) is 0 Å². The van der Waals surface area contributed by atoms with Gasteiger partial charge in [0.1, 0.15) is 0 Å². The highest BCUT2D eigenvalue weighted by Crippen LogP contribution is 2.31. The normalized spacial score (nSPS) is 18.1. The van der Waals surface area contributed by atoms with Gasteiger partial charge in [-0.3, -0.25) is 14.6 Å². The minimum absolute atomic E-state index is 0.268. The Bertz CT molecular complexity index is 723. The number of amides is 2. The fourth-order valence-corrected chi connectivity index (χ4v) is 2.57. The van der Waals surface area contributed by atoms with Crippen molar-refractivity contribution in [2.75, 3.05) is 11.9 Å². The summed E-state index contributed by atoms with van der Waals surface area (Å²) >= 11 is 0. The molecule has 0 fully saturated rings. The van der Waals surface area contributed by atoms with E-state index in [1.165, 1.54) is 4.90 Å². The fraction of sp³-hybridized carbons (Fsp3) is 0.118. The largest absolute Gasteiger partial charge is 0.300 e. The summed E-state index contributed by atoms with van der Waals surface area (Å²) in [6, 6.07) is 16.1. The highest BCUT2D eigenvalue weighted by atomic mass is 16.2. The number of carbonyl (C=O) groups is 2. The highest BCUT2D eigenvalue weighted by molar-refractivity contribution is 6.29. The predicted molar refractivity (Wildman–Crippen MR) is 81.9 cm³/mol. The molecule has 2 aromatic rings. The Morgan fingerprint density at radius 1 is 1.00 bits per heavy atom. The van der Waals surface area contributed by atoms with E-state index in [2.05, 4.69) is 4.99 Å². The van der Waals surface area contributed by atoms with Gasteiger partial charge in [-0.1, -0.05) is 36.4 Å². The molecule has 1 aliphatic rings. The lowest BCUT2D eigenvalue weighted by Crippen LogP contribution is -2.45. The van der Waals surface area contributed by atoms with E-state index >= 15 is 0 Å². The zero-order valence-electron chi connectivity index (χ0n) is 11.6. The monoisotopic (exact) mass is 278 g/mol. The molecule has 0 saturated heterocycles. The van der Waals surface area contributed by atoms with Gasteiger partial charge in [0.2, 0.25) is 5.91 Å². The molecule has 0 saturated carbocycles. The van der Waals surface area contributed by atoms with Crippen LogP contribution in [0, 0.1) is 0 Å². The molecule has 3 rings (SSSR count). The average Bonchev–Trinajstić information content (AvgIpc) is 2.53. The first-order chi connectivity index (χ1) is 10.2. The highest BCUT2D eigenvalue weighted by Gasteiger charge is 2.38. The Balaban J connectivity index is 2.17. The van der Waals surface area contributed by atoms with Crippen LogP contribution in [0.25, 0.3) is 0 Å². The lowest BCUT2D eigenvalue weighted by atomic mass is 9.89. The van der Waals surface area contributed by atoms with E-state index in [-0.39, 0.29) is 11.8 Å². The molecule has 1 aliphatic heterocycles. The van der Waals surface area contributed by atoms with Gasteiger partial charge in [0.15, 0.2) is 0 Å². The second-order valence-corrected chi connectivity index (χ2v) is 4.79. The van der Waals surface area contributed by atoms with Gasteiger partial charge in [-0.05, 0) is 23.8 Å². The number of hydrogen-bond donors (Lipinski definition) is 0. The van der Waals surface area contributed by atoms with E-state index in [1.807, 2.05) is 12.1 Å². The molecule has 21 heavy (non-hydrogen) atoms. The van der Waals surface area contributed by atoms with Crippen LogP contribution in [-0.4, -0.2) is 25.1 Å². The Morgan fingerprint density at radius 2 is 1.67 bits per heavy atom. The van der Waals surface area contributed by atoms with Gasteiger partial charge in [-0.25, -0.2) is 4.90 Å². The van der Waals surface area contributed by atoms with Crippen LogP contribution in [-0.2, 0) is 4.79 Å².